The summed E-state index contributed by atoms with van der Waals surface area (Å²) < 4.78 is 5.36. The van der Waals surface area contributed by atoms with Crippen molar-refractivity contribution in [3.05, 3.63) is 33.7 Å². The second kappa shape index (κ2) is 7.76. The SMILES string of the molecule is Cl.O=C(CC1COCCN1)NC1CCCc2[nH]c(=O)ccc21. The van der Waals surface area contributed by atoms with Gasteiger partial charge in [0.1, 0.15) is 0 Å². The molecule has 7 heteroatoms. The van der Waals surface area contributed by atoms with Crippen LogP contribution in [0.2, 0.25) is 0 Å². The number of hydrogen-bond donors (Lipinski definition) is 3. The maximum Gasteiger partial charge on any atom is 0.248 e. The predicted molar refractivity (Wildman–Crippen MR) is 85.4 cm³/mol. The zero-order valence-corrected chi connectivity index (χ0v) is 13.2. The summed E-state index contributed by atoms with van der Waals surface area (Å²) in [5.74, 6) is 0.0297. The molecule has 0 aromatic carbocycles. The van der Waals surface area contributed by atoms with Crippen LogP contribution in [0.3, 0.4) is 0 Å². The predicted octanol–water partition coefficient (Wildman–Crippen LogP) is 0.669. The average Bonchev–Trinajstić information content (AvgIpc) is 2.48. The topological polar surface area (TPSA) is 83.2 Å². The Labute approximate surface area is 135 Å². The van der Waals surface area contributed by atoms with E-state index in [1.54, 1.807) is 0 Å². The molecule has 1 amide bonds. The number of rotatable bonds is 3. The number of carbonyl (C=O) groups is 1. The molecule has 3 N–H and O–H groups in total. The average molecular weight is 328 g/mol. The maximum absolute atomic E-state index is 12.2. The first kappa shape index (κ1) is 17.0. The van der Waals surface area contributed by atoms with Crippen LogP contribution in [-0.4, -0.2) is 36.7 Å². The molecule has 3 rings (SSSR count). The van der Waals surface area contributed by atoms with Gasteiger partial charge in [-0.3, -0.25) is 9.59 Å². The Morgan fingerprint density at radius 2 is 2.27 bits per heavy atom. The number of morpholine rings is 1. The smallest absolute Gasteiger partial charge is 0.248 e. The number of pyridine rings is 1. The Balaban J connectivity index is 0.00000176. The van der Waals surface area contributed by atoms with Crippen molar-refractivity contribution in [2.24, 2.45) is 0 Å². The third kappa shape index (κ3) is 4.09. The molecule has 0 radical (unpaired) electrons. The van der Waals surface area contributed by atoms with Gasteiger partial charge in [0, 0.05) is 30.8 Å². The summed E-state index contributed by atoms with van der Waals surface area (Å²) in [6, 6.07) is 3.46. The molecule has 0 saturated carbocycles. The van der Waals surface area contributed by atoms with Crippen LogP contribution < -0.4 is 16.2 Å². The highest BCUT2D eigenvalue weighted by molar-refractivity contribution is 5.85. The highest BCUT2D eigenvalue weighted by atomic mass is 35.5. The first-order valence-electron chi connectivity index (χ1n) is 7.55. The van der Waals surface area contributed by atoms with Crippen molar-refractivity contribution in [1.82, 2.24) is 15.6 Å². The molecule has 2 unspecified atom stereocenters. The lowest BCUT2D eigenvalue weighted by Gasteiger charge is -2.28. The number of halogens is 1. The van der Waals surface area contributed by atoms with E-state index in [-0.39, 0.29) is 36.0 Å². The van der Waals surface area contributed by atoms with Crippen molar-refractivity contribution < 1.29 is 9.53 Å². The van der Waals surface area contributed by atoms with Crippen LogP contribution in [0.4, 0.5) is 0 Å². The molecule has 1 saturated heterocycles. The minimum Gasteiger partial charge on any atom is -0.378 e. The van der Waals surface area contributed by atoms with Gasteiger partial charge in [-0.25, -0.2) is 0 Å². The molecule has 2 atom stereocenters. The molecule has 22 heavy (non-hydrogen) atoms. The molecule has 0 spiro atoms. The summed E-state index contributed by atoms with van der Waals surface area (Å²) in [5, 5.41) is 6.37. The summed E-state index contributed by atoms with van der Waals surface area (Å²) >= 11 is 0. The van der Waals surface area contributed by atoms with Gasteiger partial charge in [-0.1, -0.05) is 0 Å². The second-order valence-electron chi connectivity index (χ2n) is 5.70. The minimum atomic E-state index is -0.0794. The van der Waals surface area contributed by atoms with Crippen LogP contribution in [0.5, 0.6) is 0 Å². The molecule has 1 aromatic heterocycles. The van der Waals surface area contributed by atoms with Gasteiger partial charge in [-0.05, 0) is 30.9 Å². The fraction of sp³-hybridized carbons (Fsp3) is 0.600. The van der Waals surface area contributed by atoms with Gasteiger partial charge >= 0.3 is 0 Å². The molecule has 6 nitrogen and oxygen atoms in total. The van der Waals surface area contributed by atoms with E-state index >= 15 is 0 Å². The standard InChI is InChI=1S/C15H21N3O3.ClH/c19-14-5-4-11-12(17-14)2-1-3-13(11)18-15(20)8-10-9-21-7-6-16-10;/h4-5,10,13,16H,1-3,6-9H2,(H,17,19)(H,18,20);1H. The second-order valence-corrected chi connectivity index (χ2v) is 5.70. The van der Waals surface area contributed by atoms with Crippen molar-refractivity contribution in [2.45, 2.75) is 37.8 Å². The molecule has 1 fully saturated rings. The number of fused-ring (bicyclic) bond motifs is 1. The normalized spacial score (nSPS) is 24.0. The number of amides is 1. The van der Waals surface area contributed by atoms with E-state index in [0.717, 1.165) is 37.1 Å². The van der Waals surface area contributed by atoms with Crippen LogP contribution in [0.25, 0.3) is 0 Å². The fourth-order valence-corrected chi connectivity index (χ4v) is 3.08. The highest BCUT2D eigenvalue weighted by Gasteiger charge is 2.24. The third-order valence-corrected chi connectivity index (χ3v) is 4.10. The molecule has 2 aliphatic rings. The van der Waals surface area contributed by atoms with Crippen LogP contribution >= 0.6 is 12.4 Å². The van der Waals surface area contributed by atoms with Gasteiger partial charge < -0.3 is 20.4 Å². The fourth-order valence-electron chi connectivity index (χ4n) is 3.08. The van der Waals surface area contributed by atoms with Crippen molar-refractivity contribution >= 4 is 18.3 Å². The van der Waals surface area contributed by atoms with Crippen LogP contribution in [0.15, 0.2) is 16.9 Å². The Hall–Kier alpha value is -1.37. The lowest BCUT2D eigenvalue weighted by Crippen LogP contribution is -2.45. The molecule has 122 valence electrons. The lowest BCUT2D eigenvalue weighted by atomic mass is 9.91. The number of hydrogen-bond acceptors (Lipinski definition) is 4. The van der Waals surface area contributed by atoms with Gasteiger partial charge in [0.2, 0.25) is 11.5 Å². The van der Waals surface area contributed by atoms with Crippen molar-refractivity contribution in [3.63, 3.8) is 0 Å². The zero-order valence-electron chi connectivity index (χ0n) is 12.4. The minimum absolute atomic E-state index is 0. The van der Waals surface area contributed by atoms with E-state index in [4.69, 9.17) is 4.74 Å². The number of carbonyl (C=O) groups excluding carboxylic acids is 1. The van der Waals surface area contributed by atoms with E-state index in [1.807, 2.05) is 6.07 Å². The van der Waals surface area contributed by atoms with Crippen LogP contribution in [-0.2, 0) is 16.0 Å². The van der Waals surface area contributed by atoms with E-state index in [2.05, 4.69) is 15.6 Å². The van der Waals surface area contributed by atoms with Crippen LogP contribution in [0.1, 0.15) is 36.6 Å². The summed E-state index contributed by atoms with van der Waals surface area (Å²) in [6.07, 6.45) is 3.19. The number of aromatic nitrogens is 1. The molecule has 2 heterocycles. The van der Waals surface area contributed by atoms with Crippen molar-refractivity contribution in [2.75, 3.05) is 19.8 Å². The first-order valence-corrected chi connectivity index (χ1v) is 7.55. The molecular weight excluding hydrogens is 306 g/mol. The Morgan fingerprint density at radius 1 is 1.41 bits per heavy atom. The van der Waals surface area contributed by atoms with Gasteiger partial charge in [-0.2, -0.15) is 0 Å². The molecule has 0 bridgehead atoms. The van der Waals surface area contributed by atoms with Crippen molar-refractivity contribution in [3.8, 4) is 0 Å². The summed E-state index contributed by atoms with van der Waals surface area (Å²) in [4.78, 5) is 26.4. The number of ether oxygens (including phenoxy) is 1. The van der Waals surface area contributed by atoms with Crippen LogP contribution in [0, 0.1) is 0 Å². The first-order chi connectivity index (χ1) is 10.2. The maximum atomic E-state index is 12.2. The Kier molecular flexibility index (Phi) is 5.99. The Bertz CT molecular complexity index is 569. The molecule has 1 aliphatic heterocycles. The van der Waals surface area contributed by atoms with E-state index in [1.165, 1.54) is 6.07 Å². The number of H-pyrrole nitrogens is 1. The van der Waals surface area contributed by atoms with Crippen molar-refractivity contribution in [1.29, 1.82) is 0 Å². The summed E-state index contributed by atoms with van der Waals surface area (Å²) in [5.41, 5.74) is 1.92. The highest BCUT2D eigenvalue weighted by Crippen LogP contribution is 2.27. The largest absolute Gasteiger partial charge is 0.378 e. The quantitative estimate of drug-likeness (QED) is 0.762. The Morgan fingerprint density at radius 3 is 3.05 bits per heavy atom. The zero-order chi connectivity index (χ0) is 14.7. The van der Waals surface area contributed by atoms with Gasteiger partial charge in [-0.15, -0.1) is 12.4 Å². The lowest BCUT2D eigenvalue weighted by molar-refractivity contribution is -0.123. The number of aromatic amines is 1. The number of aryl methyl sites for hydroxylation is 1. The molecular formula is C15H22ClN3O3. The van der Waals surface area contributed by atoms with E-state index in [9.17, 15) is 9.59 Å². The van der Waals surface area contributed by atoms with E-state index < -0.39 is 0 Å². The third-order valence-electron chi connectivity index (χ3n) is 4.10. The summed E-state index contributed by atoms with van der Waals surface area (Å²) in [6.45, 7) is 2.09. The van der Waals surface area contributed by atoms with Gasteiger partial charge in [0.25, 0.3) is 0 Å². The van der Waals surface area contributed by atoms with Gasteiger partial charge in [0.15, 0.2) is 0 Å². The monoisotopic (exact) mass is 327 g/mol. The number of nitrogens with one attached hydrogen (secondary N) is 3. The van der Waals surface area contributed by atoms with Gasteiger partial charge in [0.05, 0.1) is 19.3 Å². The molecule has 1 aromatic rings. The molecule has 1 aliphatic carbocycles. The summed E-state index contributed by atoms with van der Waals surface area (Å²) in [7, 11) is 0. The van der Waals surface area contributed by atoms with E-state index in [0.29, 0.717) is 19.6 Å².